The molecule has 0 aliphatic heterocycles. The number of nitrogens with one attached hydrogen (secondary N) is 3. The summed E-state index contributed by atoms with van der Waals surface area (Å²) in [5.74, 6) is -0.280. The van der Waals surface area contributed by atoms with Gasteiger partial charge >= 0.3 is 0 Å². The predicted octanol–water partition coefficient (Wildman–Crippen LogP) is -1.22. The molecule has 0 aliphatic rings. The van der Waals surface area contributed by atoms with Crippen molar-refractivity contribution in [3.8, 4) is 0 Å². The molecule has 0 radical (unpaired) electrons. The molecule has 0 aromatic heterocycles. The maximum absolute atomic E-state index is 10.8. The number of carbonyl (C=O) groups excluding carboxylic acids is 2. The summed E-state index contributed by atoms with van der Waals surface area (Å²) in [6.45, 7) is 3.68. The summed E-state index contributed by atoms with van der Waals surface area (Å²) in [6.07, 6.45) is 2.79. The van der Waals surface area contributed by atoms with Gasteiger partial charge in [0.05, 0.1) is 13.1 Å². The van der Waals surface area contributed by atoms with Crippen molar-refractivity contribution in [3.63, 3.8) is 0 Å². The lowest BCUT2D eigenvalue weighted by atomic mass is 10.0. The molecule has 1 atom stereocenters. The van der Waals surface area contributed by atoms with Crippen molar-refractivity contribution in [1.82, 2.24) is 16.0 Å². The van der Waals surface area contributed by atoms with E-state index in [-0.39, 0.29) is 24.2 Å². The van der Waals surface area contributed by atoms with Crippen molar-refractivity contribution in [2.75, 3.05) is 40.4 Å². The summed E-state index contributed by atoms with van der Waals surface area (Å²) in [5, 5.41) is 8.84. The van der Waals surface area contributed by atoms with E-state index in [2.05, 4.69) is 16.0 Å². The third-order valence-electron chi connectivity index (χ3n) is 2.53. The van der Waals surface area contributed by atoms with Crippen molar-refractivity contribution in [1.29, 1.82) is 0 Å². The Morgan fingerprint density at radius 2 is 1.75 bits per heavy atom. The van der Waals surface area contributed by atoms with Crippen LogP contribution in [0, 0.1) is 5.92 Å². The Bertz CT molecular complexity index is 249. The number of Topliss-reactive ketones (excluding diaryl/α,β-unsaturated/α-hetero) is 1. The molecule has 0 rings (SSSR count). The van der Waals surface area contributed by atoms with Crippen LogP contribution in [-0.4, -0.2) is 52.1 Å². The summed E-state index contributed by atoms with van der Waals surface area (Å²) in [5.41, 5.74) is 10.3. The Labute approximate surface area is 122 Å². The van der Waals surface area contributed by atoms with E-state index < -0.39 is 0 Å². The van der Waals surface area contributed by atoms with Crippen LogP contribution in [0.25, 0.3) is 0 Å². The number of carbonyl (C=O) groups is 2. The van der Waals surface area contributed by atoms with E-state index in [4.69, 9.17) is 11.5 Å². The second-order valence-corrected chi connectivity index (χ2v) is 4.65. The summed E-state index contributed by atoms with van der Waals surface area (Å²) in [4.78, 5) is 21.6. The molecule has 0 aliphatic carbocycles. The zero-order valence-electron chi connectivity index (χ0n) is 13.0. The van der Waals surface area contributed by atoms with Gasteiger partial charge in [-0.1, -0.05) is 13.3 Å². The van der Waals surface area contributed by atoms with Crippen molar-refractivity contribution >= 4 is 11.7 Å². The zero-order chi connectivity index (χ0) is 15.8. The molecule has 1 amide bonds. The highest BCUT2D eigenvalue weighted by Gasteiger charge is 2.06. The largest absolute Gasteiger partial charge is 0.369 e. The number of hydrogen-bond acceptors (Lipinski definition) is 6. The van der Waals surface area contributed by atoms with Gasteiger partial charge in [-0.05, 0) is 33.5 Å². The van der Waals surface area contributed by atoms with E-state index in [1.54, 1.807) is 0 Å². The standard InChI is InChI=1S/C11H24N4O2.C2H7N/c1-9(11(13)17)4-2-3-5-14-8-15-7-10(16)6-12;1-3-2/h9,14-15H,2-8,12H2,1H3,(H2,13,17);3H,1-2H3/t9-;/m0./s1. The smallest absolute Gasteiger partial charge is 0.220 e. The lowest BCUT2D eigenvalue weighted by Crippen LogP contribution is -2.35. The third-order valence-corrected chi connectivity index (χ3v) is 2.53. The SMILES string of the molecule is CNC.C[C@@H](CCCCNCNCC(=O)CN)C(N)=O. The van der Waals surface area contributed by atoms with Gasteiger partial charge in [0.2, 0.25) is 5.91 Å². The molecule has 120 valence electrons. The van der Waals surface area contributed by atoms with E-state index in [0.29, 0.717) is 13.2 Å². The summed E-state index contributed by atoms with van der Waals surface area (Å²) in [7, 11) is 3.75. The summed E-state index contributed by atoms with van der Waals surface area (Å²) >= 11 is 0. The first kappa shape index (κ1) is 21.3. The van der Waals surface area contributed by atoms with Crippen LogP contribution in [0.15, 0.2) is 0 Å². The highest BCUT2D eigenvalue weighted by atomic mass is 16.1. The summed E-state index contributed by atoms with van der Waals surface area (Å²) < 4.78 is 0. The van der Waals surface area contributed by atoms with Crippen molar-refractivity contribution in [3.05, 3.63) is 0 Å². The molecule has 0 spiro atoms. The molecule has 0 heterocycles. The van der Waals surface area contributed by atoms with Gasteiger partial charge < -0.3 is 22.1 Å². The van der Waals surface area contributed by atoms with Gasteiger partial charge in [0, 0.05) is 12.6 Å². The monoisotopic (exact) mass is 289 g/mol. The number of hydrogen-bond donors (Lipinski definition) is 5. The molecule has 20 heavy (non-hydrogen) atoms. The van der Waals surface area contributed by atoms with E-state index in [0.717, 1.165) is 25.8 Å². The van der Waals surface area contributed by atoms with Crippen LogP contribution in [0.4, 0.5) is 0 Å². The number of amides is 1. The molecular weight excluding hydrogens is 258 g/mol. The molecule has 0 saturated heterocycles. The van der Waals surface area contributed by atoms with E-state index in [1.807, 2.05) is 21.0 Å². The molecule has 7 N–H and O–H groups in total. The number of ketones is 1. The minimum Gasteiger partial charge on any atom is -0.369 e. The highest BCUT2D eigenvalue weighted by molar-refractivity contribution is 5.82. The number of unbranched alkanes of at least 4 members (excludes halogenated alkanes) is 1. The molecule has 0 aromatic carbocycles. The Hall–Kier alpha value is -1.02. The van der Waals surface area contributed by atoms with Crippen LogP contribution in [0.1, 0.15) is 26.2 Å². The van der Waals surface area contributed by atoms with Crippen molar-refractivity contribution < 1.29 is 9.59 Å². The number of nitrogens with two attached hydrogens (primary N) is 2. The minimum atomic E-state index is -0.236. The van der Waals surface area contributed by atoms with Gasteiger partial charge in [-0.15, -0.1) is 0 Å². The van der Waals surface area contributed by atoms with Gasteiger partial charge in [-0.2, -0.15) is 0 Å². The first-order valence-corrected chi connectivity index (χ1v) is 7.00. The highest BCUT2D eigenvalue weighted by Crippen LogP contribution is 2.05. The fourth-order valence-electron chi connectivity index (χ4n) is 1.29. The molecular formula is C13H31N5O2. The molecule has 7 nitrogen and oxygen atoms in total. The topological polar surface area (TPSA) is 122 Å². The maximum atomic E-state index is 10.8. The Balaban J connectivity index is 0. The first-order chi connectivity index (χ1) is 9.49. The van der Waals surface area contributed by atoms with Gasteiger partial charge in [-0.25, -0.2) is 0 Å². The van der Waals surface area contributed by atoms with Gasteiger partial charge in [-0.3, -0.25) is 14.9 Å². The summed E-state index contributed by atoms with van der Waals surface area (Å²) in [6, 6.07) is 0. The van der Waals surface area contributed by atoms with Crippen LogP contribution >= 0.6 is 0 Å². The normalized spacial score (nSPS) is 11.4. The average Bonchev–Trinajstić information content (AvgIpc) is 2.41. The van der Waals surface area contributed by atoms with E-state index >= 15 is 0 Å². The van der Waals surface area contributed by atoms with Crippen molar-refractivity contribution in [2.45, 2.75) is 26.2 Å². The molecule has 0 aromatic rings. The molecule has 0 fully saturated rings. The quantitative estimate of drug-likeness (QED) is 0.240. The predicted molar refractivity (Wildman–Crippen MR) is 82.1 cm³/mol. The molecule has 0 bridgehead atoms. The first-order valence-electron chi connectivity index (χ1n) is 7.00. The maximum Gasteiger partial charge on any atom is 0.220 e. The number of rotatable bonds is 11. The average molecular weight is 289 g/mol. The Morgan fingerprint density at radius 1 is 1.15 bits per heavy atom. The Kier molecular flexibility index (Phi) is 17.1. The van der Waals surface area contributed by atoms with Gasteiger partial charge in [0.1, 0.15) is 0 Å². The van der Waals surface area contributed by atoms with Crippen LogP contribution in [0.2, 0.25) is 0 Å². The lowest BCUT2D eigenvalue weighted by molar-refractivity contribution is -0.121. The van der Waals surface area contributed by atoms with Gasteiger partial charge in [0.15, 0.2) is 5.78 Å². The van der Waals surface area contributed by atoms with Gasteiger partial charge in [0.25, 0.3) is 0 Å². The minimum absolute atomic E-state index is 0.00193. The fourth-order valence-corrected chi connectivity index (χ4v) is 1.29. The second kappa shape index (κ2) is 16.0. The molecule has 7 heteroatoms. The van der Waals surface area contributed by atoms with E-state index in [9.17, 15) is 9.59 Å². The Morgan fingerprint density at radius 3 is 2.25 bits per heavy atom. The molecule has 0 saturated carbocycles. The van der Waals surface area contributed by atoms with Crippen LogP contribution in [0.5, 0.6) is 0 Å². The lowest BCUT2D eigenvalue weighted by Gasteiger charge is -2.08. The van der Waals surface area contributed by atoms with Crippen LogP contribution in [-0.2, 0) is 9.59 Å². The third kappa shape index (κ3) is 17.0. The van der Waals surface area contributed by atoms with Crippen molar-refractivity contribution in [2.24, 2.45) is 17.4 Å². The number of primary amides is 1. The van der Waals surface area contributed by atoms with E-state index in [1.165, 1.54) is 0 Å². The fraction of sp³-hybridized carbons (Fsp3) is 0.846. The van der Waals surface area contributed by atoms with Crippen LogP contribution < -0.4 is 27.4 Å². The second-order valence-electron chi connectivity index (χ2n) is 4.65. The molecule has 0 unspecified atom stereocenters. The van der Waals surface area contributed by atoms with Crippen LogP contribution in [0.3, 0.4) is 0 Å². The zero-order valence-corrected chi connectivity index (χ0v) is 13.0.